The van der Waals surface area contributed by atoms with Crippen molar-refractivity contribution in [2.24, 2.45) is 0 Å². The minimum absolute atomic E-state index is 0.490. The van der Waals surface area contributed by atoms with Crippen LogP contribution in [0.5, 0.6) is 0 Å². The van der Waals surface area contributed by atoms with E-state index in [4.69, 9.17) is 0 Å². The zero-order chi connectivity index (χ0) is 16.0. The predicted octanol–water partition coefficient (Wildman–Crippen LogP) is 3.92. The lowest BCUT2D eigenvalue weighted by Crippen LogP contribution is -2.35. The lowest BCUT2D eigenvalue weighted by molar-refractivity contribution is 0.168. The Morgan fingerprint density at radius 1 is 1.26 bits per heavy atom. The van der Waals surface area contributed by atoms with Gasteiger partial charge in [-0.05, 0) is 37.8 Å². The molecule has 5 heteroatoms. The van der Waals surface area contributed by atoms with Gasteiger partial charge in [-0.25, -0.2) is 9.50 Å². The molecule has 2 aromatic heterocycles. The van der Waals surface area contributed by atoms with E-state index in [-0.39, 0.29) is 0 Å². The van der Waals surface area contributed by atoms with E-state index in [2.05, 4.69) is 53.1 Å². The Morgan fingerprint density at radius 3 is 2.91 bits per heavy atom. The summed E-state index contributed by atoms with van der Waals surface area (Å²) in [5.74, 6) is 0. The van der Waals surface area contributed by atoms with Crippen LogP contribution in [0.4, 0.5) is 0 Å². The van der Waals surface area contributed by atoms with Crippen LogP contribution in [-0.2, 0) is 13.0 Å². The third-order valence-corrected chi connectivity index (χ3v) is 5.68. The van der Waals surface area contributed by atoms with Gasteiger partial charge in [0.25, 0.3) is 0 Å². The Hall–Kier alpha value is -1.72. The van der Waals surface area contributed by atoms with E-state index >= 15 is 0 Å². The zero-order valence-electron chi connectivity index (χ0n) is 13.9. The van der Waals surface area contributed by atoms with Crippen LogP contribution in [0, 0.1) is 13.8 Å². The molecule has 0 saturated carbocycles. The van der Waals surface area contributed by atoms with Gasteiger partial charge in [-0.2, -0.15) is 5.10 Å². The number of hydrogen-bond donors (Lipinski definition) is 0. The Bertz CT molecular complexity index is 848. The monoisotopic (exact) mass is 326 g/mol. The molecular weight excluding hydrogens is 304 g/mol. The van der Waals surface area contributed by atoms with Gasteiger partial charge in [0, 0.05) is 19.1 Å². The second-order valence-corrected chi connectivity index (χ2v) is 7.46. The molecule has 1 aliphatic heterocycles. The summed E-state index contributed by atoms with van der Waals surface area (Å²) in [4.78, 5) is 8.29. The van der Waals surface area contributed by atoms with Gasteiger partial charge in [0.1, 0.15) is 5.01 Å². The van der Waals surface area contributed by atoms with Crippen LogP contribution in [0.25, 0.3) is 4.96 Å². The SMILES string of the molecule is CCC1c2ccccc2CCN1Cc1c(C)nc2sc(C)nn12. The zero-order valence-corrected chi connectivity index (χ0v) is 14.7. The smallest absolute Gasteiger partial charge is 0.212 e. The molecule has 0 spiro atoms. The quantitative estimate of drug-likeness (QED) is 0.731. The fourth-order valence-corrected chi connectivity index (χ4v) is 4.54. The molecule has 1 unspecified atom stereocenters. The molecule has 1 atom stereocenters. The summed E-state index contributed by atoms with van der Waals surface area (Å²) in [6, 6.07) is 9.38. The maximum atomic E-state index is 4.69. The number of aryl methyl sites for hydroxylation is 2. The second-order valence-electron chi connectivity index (χ2n) is 6.30. The summed E-state index contributed by atoms with van der Waals surface area (Å²) >= 11 is 1.67. The molecule has 1 aromatic carbocycles. The van der Waals surface area contributed by atoms with Crippen LogP contribution in [0.2, 0.25) is 0 Å². The molecule has 0 saturated heterocycles. The molecule has 4 rings (SSSR count). The van der Waals surface area contributed by atoms with E-state index in [1.165, 1.54) is 16.8 Å². The van der Waals surface area contributed by atoms with Crippen molar-refractivity contribution < 1.29 is 0 Å². The third kappa shape index (κ3) is 2.48. The van der Waals surface area contributed by atoms with Crippen molar-refractivity contribution in [1.82, 2.24) is 19.5 Å². The topological polar surface area (TPSA) is 33.4 Å². The number of benzene rings is 1. The number of rotatable bonds is 3. The van der Waals surface area contributed by atoms with Crippen LogP contribution in [0.15, 0.2) is 24.3 Å². The van der Waals surface area contributed by atoms with E-state index in [0.717, 1.165) is 41.6 Å². The second kappa shape index (κ2) is 5.73. The van der Waals surface area contributed by atoms with Crippen LogP contribution < -0.4 is 0 Å². The highest BCUT2D eigenvalue weighted by atomic mass is 32.1. The minimum atomic E-state index is 0.490. The normalized spacial score (nSPS) is 18.5. The number of fused-ring (bicyclic) bond motifs is 2. The standard InChI is InChI=1S/C18H22N4S/c1-4-16-15-8-6-5-7-14(15)9-10-21(16)11-17-12(2)19-18-22(17)20-13(3)23-18/h5-8,16H,4,9-11H2,1-3H3. The molecule has 3 heterocycles. The molecule has 0 radical (unpaired) electrons. The molecule has 0 N–H and O–H groups in total. The molecule has 0 bridgehead atoms. The third-order valence-electron chi connectivity index (χ3n) is 4.86. The molecule has 1 aliphatic rings. The first-order chi connectivity index (χ1) is 11.2. The summed E-state index contributed by atoms with van der Waals surface area (Å²) in [6.07, 6.45) is 2.26. The Balaban J connectivity index is 1.69. The highest BCUT2D eigenvalue weighted by Crippen LogP contribution is 2.33. The number of hydrogen-bond acceptors (Lipinski definition) is 4. The molecule has 3 aromatic rings. The fourth-order valence-electron chi connectivity index (χ4n) is 3.73. The predicted molar refractivity (Wildman–Crippen MR) is 93.9 cm³/mol. The molecule has 0 aliphatic carbocycles. The van der Waals surface area contributed by atoms with E-state index in [1.807, 2.05) is 11.4 Å². The maximum absolute atomic E-state index is 4.69. The summed E-state index contributed by atoms with van der Waals surface area (Å²) in [7, 11) is 0. The molecule has 0 amide bonds. The van der Waals surface area contributed by atoms with E-state index in [0.29, 0.717) is 6.04 Å². The van der Waals surface area contributed by atoms with Crippen LogP contribution in [-0.4, -0.2) is 26.0 Å². The van der Waals surface area contributed by atoms with Crippen LogP contribution in [0.3, 0.4) is 0 Å². The maximum Gasteiger partial charge on any atom is 0.212 e. The highest BCUT2D eigenvalue weighted by Gasteiger charge is 2.27. The van der Waals surface area contributed by atoms with Gasteiger partial charge in [0.2, 0.25) is 4.96 Å². The van der Waals surface area contributed by atoms with Crippen molar-refractivity contribution in [3.05, 3.63) is 51.8 Å². The van der Waals surface area contributed by atoms with Gasteiger partial charge < -0.3 is 0 Å². The van der Waals surface area contributed by atoms with Crippen LogP contribution >= 0.6 is 11.3 Å². The number of nitrogens with zero attached hydrogens (tertiary/aromatic N) is 4. The summed E-state index contributed by atoms with van der Waals surface area (Å²) in [5, 5.41) is 5.71. The van der Waals surface area contributed by atoms with E-state index in [9.17, 15) is 0 Å². The lowest BCUT2D eigenvalue weighted by Gasteiger charge is -2.36. The van der Waals surface area contributed by atoms with Crippen molar-refractivity contribution in [2.45, 2.75) is 46.2 Å². The minimum Gasteiger partial charge on any atom is -0.290 e. The molecule has 0 fully saturated rings. The van der Waals surface area contributed by atoms with Crippen molar-refractivity contribution in [3.63, 3.8) is 0 Å². The van der Waals surface area contributed by atoms with Crippen molar-refractivity contribution in [2.75, 3.05) is 6.54 Å². The fraction of sp³-hybridized carbons (Fsp3) is 0.444. The van der Waals surface area contributed by atoms with Crippen LogP contribution in [0.1, 0.15) is 46.9 Å². The summed E-state index contributed by atoms with van der Waals surface area (Å²) in [5.41, 5.74) is 5.35. The van der Waals surface area contributed by atoms with E-state index < -0.39 is 0 Å². The first-order valence-corrected chi connectivity index (χ1v) is 9.12. The van der Waals surface area contributed by atoms with Crippen molar-refractivity contribution in [3.8, 4) is 0 Å². The van der Waals surface area contributed by atoms with Gasteiger partial charge in [-0.1, -0.05) is 42.5 Å². The van der Waals surface area contributed by atoms with Gasteiger partial charge in [-0.3, -0.25) is 4.90 Å². The van der Waals surface area contributed by atoms with Crippen molar-refractivity contribution in [1.29, 1.82) is 0 Å². The molecular formula is C18H22N4S. The average Bonchev–Trinajstić information content (AvgIpc) is 3.04. The van der Waals surface area contributed by atoms with Gasteiger partial charge in [0.15, 0.2) is 0 Å². The lowest BCUT2D eigenvalue weighted by atomic mass is 9.91. The van der Waals surface area contributed by atoms with Gasteiger partial charge in [0.05, 0.1) is 11.4 Å². The summed E-state index contributed by atoms with van der Waals surface area (Å²) < 4.78 is 2.04. The first kappa shape index (κ1) is 14.8. The van der Waals surface area contributed by atoms with Gasteiger partial charge in [-0.15, -0.1) is 0 Å². The van der Waals surface area contributed by atoms with Crippen molar-refractivity contribution >= 4 is 16.3 Å². The Kier molecular flexibility index (Phi) is 3.70. The average molecular weight is 326 g/mol. The molecule has 120 valence electrons. The number of imidazole rings is 1. The Labute approximate surface area is 140 Å². The largest absolute Gasteiger partial charge is 0.290 e. The highest BCUT2D eigenvalue weighted by molar-refractivity contribution is 7.16. The first-order valence-electron chi connectivity index (χ1n) is 8.31. The number of aromatic nitrogens is 3. The molecule has 23 heavy (non-hydrogen) atoms. The van der Waals surface area contributed by atoms with E-state index in [1.54, 1.807) is 11.3 Å². The Morgan fingerprint density at radius 2 is 2.09 bits per heavy atom. The molecule has 4 nitrogen and oxygen atoms in total. The summed E-state index contributed by atoms with van der Waals surface area (Å²) in [6.45, 7) is 8.45. The van der Waals surface area contributed by atoms with Gasteiger partial charge >= 0.3 is 0 Å².